The van der Waals surface area contributed by atoms with Crippen LogP contribution in [0.3, 0.4) is 0 Å². The van der Waals surface area contributed by atoms with Gasteiger partial charge < -0.3 is 24.1 Å². The molecule has 0 radical (unpaired) electrons. The van der Waals surface area contributed by atoms with Gasteiger partial charge in [0.2, 0.25) is 6.79 Å². The van der Waals surface area contributed by atoms with Crippen LogP contribution in [0.1, 0.15) is 34.7 Å². The van der Waals surface area contributed by atoms with E-state index in [1.54, 1.807) is 25.2 Å². The quantitative estimate of drug-likeness (QED) is 0.650. The van der Waals surface area contributed by atoms with Crippen LogP contribution >= 0.6 is 0 Å². The fourth-order valence-corrected chi connectivity index (χ4v) is 2.45. The molecule has 0 spiro atoms. The molecule has 1 aliphatic heterocycles. The molecule has 1 aliphatic rings. The van der Waals surface area contributed by atoms with E-state index in [1.165, 1.54) is 30.7 Å². The van der Waals surface area contributed by atoms with Gasteiger partial charge in [0.1, 0.15) is 5.69 Å². The van der Waals surface area contributed by atoms with Gasteiger partial charge in [0.25, 0.3) is 5.91 Å². The maximum Gasteiger partial charge on any atom is 0.355 e. The zero-order valence-corrected chi connectivity index (χ0v) is 14.6. The topological polar surface area (TPSA) is 95.9 Å². The molecule has 3 rings (SSSR count). The van der Waals surface area contributed by atoms with Crippen LogP contribution in [0.5, 0.6) is 11.5 Å². The Bertz CT molecular complexity index is 886. The van der Waals surface area contributed by atoms with Gasteiger partial charge in [0.15, 0.2) is 23.4 Å². The monoisotopic (exact) mass is 358 g/mol. The molecule has 0 saturated heterocycles. The van der Waals surface area contributed by atoms with E-state index in [0.717, 1.165) is 0 Å². The van der Waals surface area contributed by atoms with E-state index in [9.17, 15) is 14.4 Å². The number of aryl methyl sites for hydroxylation is 1. The molecule has 1 aromatic heterocycles. The standard InChI is InChI=1S/C18H18N2O6/c1-10(21)12-6-14(20(3)8-12)18(23)26-11(2)17(22)19-13-4-5-15-16(7-13)25-9-24-15/h4-8,11H,9H2,1-3H3,(H,19,22)/t11-/m0/s1. The second-order valence-corrected chi connectivity index (χ2v) is 5.89. The van der Waals surface area contributed by atoms with Crippen molar-refractivity contribution in [3.63, 3.8) is 0 Å². The molecular formula is C18H18N2O6. The van der Waals surface area contributed by atoms with E-state index < -0.39 is 18.0 Å². The predicted molar refractivity (Wildman–Crippen MR) is 91.5 cm³/mol. The summed E-state index contributed by atoms with van der Waals surface area (Å²) in [5, 5.41) is 2.65. The molecule has 1 aromatic carbocycles. The number of nitrogens with one attached hydrogen (secondary N) is 1. The Balaban J connectivity index is 1.63. The molecule has 8 nitrogen and oxygen atoms in total. The summed E-state index contributed by atoms with van der Waals surface area (Å²) in [5.41, 5.74) is 1.09. The maximum absolute atomic E-state index is 12.3. The van der Waals surface area contributed by atoms with E-state index in [1.807, 2.05) is 0 Å². The number of hydrogen-bond donors (Lipinski definition) is 1. The number of anilines is 1. The molecule has 26 heavy (non-hydrogen) atoms. The first-order valence-corrected chi connectivity index (χ1v) is 7.94. The molecule has 0 aliphatic carbocycles. The number of esters is 1. The van der Waals surface area contributed by atoms with Crippen molar-refractivity contribution in [3.8, 4) is 11.5 Å². The summed E-state index contributed by atoms with van der Waals surface area (Å²) in [6.45, 7) is 3.01. The number of nitrogens with zero attached hydrogens (tertiary/aromatic N) is 1. The van der Waals surface area contributed by atoms with Gasteiger partial charge in [-0.15, -0.1) is 0 Å². The number of rotatable bonds is 5. The van der Waals surface area contributed by atoms with Gasteiger partial charge in [-0.3, -0.25) is 9.59 Å². The van der Waals surface area contributed by atoms with Crippen molar-refractivity contribution >= 4 is 23.3 Å². The van der Waals surface area contributed by atoms with E-state index >= 15 is 0 Å². The highest BCUT2D eigenvalue weighted by molar-refractivity contribution is 5.99. The first kappa shape index (κ1) is 17.5. The van der Waals surface area contributed by atoms with Crippen molar-refractivity contribution in [1.82, 2.24) is 4.57 Å². The van der Waals surface area contributed by atoms with Crippen LogP contribution < -0.4 is 14.8 Å². The molecule has 0 bridgehead atoms. The minimum Gasteiger partial charge on any atom is -0.454 e. The third-order valence-corrected chi connectivity index (χ3v) is 3.91. The molecule has 0 unspecified atom stereocenters. The van der Waals surface area contributed by atoms with Crippen LogP contribution in [-0.4, -0.2) is 35.1 Å². The summed E-state index contributed by atoms with van der Waals surface area (Å²) >= 11 is 0. The normalized spacial score (nSPS) is 13.2. The molecule has 2 aromatic rings. The fourth-order valence-electron chi connectivity index (χ4n) is 2.45. The van der Waals surface area contributed by atoms with E-state index in [2.05, 4.69) is 5.32 Å². The minimum atomic E-state index is -1.02. The Morgan fingerprint density at radius 1 is 1.19 bits per heavy atom. The average molecular weight is 358 g/mol. The Kier molecular flexibility index (Phi) is 4.66. The summed E-state index contributed by atoms with van der Waals surface area (Å²) in [6.07, 6.45) is 0.514. The van der Waals surface area contributed by atoms with E-state index in [0.29, 0.717) is 22.7 Å². The number of aromatic nitrogens is 1. The summed E-state index contributed by atoms with van der Waals surface area (Å²) in [4.78, 5) is 35.9. The number of benzene rings is 1. The second kappa shape index (κ2) is 6.91. The van der Waals surface area contributed by atoms with E-state index in [4.69, 9.17) is 14.2 Å². The lowest BCUT2D eigenvalue weighted by Crippen LogP contribution is -2.30. The Hall–Kier alpha value is -3.29. The molecule has 0 fully saturated rings. The minimum absolute atomic E-state index is 0.139. The SMILES string of the molecule is CC(=O)c1cc(C(=O)O[C@@H](C)C(=O)Nc2ccc3c(c2)OCO3)n(C)c1. The first-order chi connectivity index (χ1) is 12.3. The number of carbonyl (C=O) groups is 3. The van der Waals surface area contributed by atoms with Crippen LogP contribution in [-0.2, 0) is 16.6 Å². The summed E-state index contributed by atoms with van der Waals surface area (Å²) in [6, 6.07) is 6.41. The first-order valence-electron chi connectivity index (χ1n) is 7.94. The Morgan fingerprint density at radius 3 is 2.62 bits per heavy atom. The van der Waals surface area contributed by atoms with Gasteiger partial charge in [-0.05, 0) is 32.0 Å². The number of carbonyl (C=O) groups excluding carboxylic acids is 3. The van der Waals surface area contributed by atoms with E-state index in [-0.39, 0.29) is 18.3 Å². The molecule has 1 N–H and O–H groups in total. The zero-order valence-electron chi connectivity index (χ0n) is 14.6. The number of amides is 1. The smallest absolute Gasteiger partial charge is 0.355 e. The maximum atomic E-state index is 12.3. The van der Waals surface area contributed by atoms with Crippen LogP contribution in [0, 0.1) is 0 Å². The molecule has 8 heteroatoms. The van der Waals surface area contributed by atoms with Crippen molar-refractivity contribution in [2.75, 3.05) is 12.1 Å². The van der Waals surface area contributed by atoms with Crippen LogP contribution in [0.25, 0.3) is 0 Å². The van der Waals surface area contributed by atoms with Crippen molar-refractivity contribution < 1.29 is 28.6 Å². The van der Waals surface area contributed by atoms with Gasteiger partial charge in [0.05, 0.1) is 0 Å². The number of hydrogen-bond acceptors (Lipinski definition) is 6. The molecule has 1 atom stereocenters. The molecule has 0 saturated carbocycles. The molecule has 1 amide bonds. The summed E-state index contributed by atoms with van der Waals surface area (Å²) in [7, 11) is 1.63. The van der Waals surface area contributed by atoms with Crippen molar-refractivity contribution in [2.45, 2.75) is 20.0 Å². The van der Waals surface area contributed by atoms with Crippen LogP contribution in [0.2, 0.25) is 0 Å². The van der Waals surface area contributed by atoms with Gasteiger partial charge in [-0.2, -0.15) is 0 Å². The fraction of sp³-hybridized carbons (Fsp3) is 0.278. The van der Waals surface area contributed by atoms with Crippen molar-refractivity contribution in [3.05, 3.63) is 41.7 Å². The van der Waals surface area contributed by atoms with Gasteiger partial charge in [-0.1, -0.05) is 0 Å². The number of fused-ring (bicyclic) bond motifs is 1. The largest absolute Gasteiger partial charge is 0.454 e. The Labute approximate surface area is 149 Å². The van der Waals surface area contributed by atoms with Crippen LogP contribution in [0.15, 0.2) is 30.5 Å². The number of ketones is 1. The van der Waals surface area contributed by atoms with Gasteiger partial charge in [0, 0.05) is 30.6 Å². The summed E-state index contributed by atoms with van der Waals surface area (Å²) < 4.78 is 17.1. The highest BCUT2D eigenvalue weighted by Gasteiger charge is 2.22. The number of Topliss-reactive ketones (excluding diaryl/α,β-unsaturated/α-hetero) is 1. The van der Waals surface area contributed by atoms with Gasteiger partial charge >= 0.3 is 5.97 Å². The lowest BCUT2D eigenvalue weighted by atomic mass is 10.2. The lowest BCUT2D eigenvalue weighted by molar-refractivity contribution is -0.123. The predicted octanol–water partition coefficient (Wildman–Crippen LogP) is 2.14. The lowest BCUT2D eigenvalue weighted by Gasteiger charge is -2.14. The highest BCUT2D eigenvalue weighted by atomic mass is 16.7. The van der Waals surface area contributed by atoms with Crippen LogP contribution in [0.4, 0.5) is 5.69 Å². The third kappa shape index (κ3) is 3.53. The molecule has 136 valence electrons. The van der Waals surface area contributed by atoms with Gasteiger partial charge in [-0.25, -0.2) is 4.79 Å². The summed E-state index contributed by atoms with van der Waals surface area (Å²) in [5.74, 6) is -0.194. The highest BCUT2D eigenvalue weighted by Crippen LogP contribution is 2.34. The second-order valence-electron chi connectivity index (χ2n) is 5.89. The third-order valence-electron chi connectivity index (χ3n) is 3.91. The Morgan fingerprint density at radius 2 is 1.92 bits per heavy atom. The molecule has 2 heterocycles. The van der Waals surface area contributed by atoms with Crippen molar-refractivity contribution in [2.24, 2.45) is 7.05 Å². The average Bonchev–Trinajstić information content (AvgIpc) is 3.20. The zero-order chi connectivity index (χ0) is 18.8. The van der Waals surface area contributed by atoms with Crippen molar-refractivity contribution in [1.29, 1.82) is 0 Å². The molecular weight excluding hydrogens is 340 g/mol. The number of ether oxygens (including phenoxy) is 3.